The van der Waals surface area contributed by atoms with Crippen LogP contribution in [0.5, 0.6) is 11.6 Å². The van der Waals surface area contributed by atoms with Gasteiger partial charge in [0.15, 0.2) is 0 Å². The summed E-state index contributed by atoms with van der Waals surface area (Å²) in [7, 11) is 0. The molecule has 0 saturated heterocycles. The van der Waals surface area contributed by atoms with E-state index in [2.05, 4.69) is 20.0 Å². The number of azide groups is 1. The van der Waals surface area contributed by atoms with Crippen molar-refractivity contribution in [1.82, 2.24) is 9.97 Å². The van der Waals surface area contributed by atoms with Crippen LogP contribution in [-0.2, 0) is 6.42 Å². The summed E-state index contributed by atoms with van der Waals surface area (Å²) in [5.74, 6) is 0.942. The normalized spacial score (nSPS) is 13.4. The van der Waals surface area contributed by atoms with Crippen molar-refractivity contribution in [1.29, 1.82) is 0 Å². The predicted octanol–water partition coefficient (Wildman–Crippen LogP) is 4.03. The van der Waals surface area contributed by atoms with E-state index in [4.69, 9.17) is 10.3 Å². The fourth-order valence-corrected chi connectivity index (χ4v) is 2.60. The second kappa shape index (κ2) is 6.84. The zero-order valence-corrected chi connectivity index (χ0v) is 12.7. The molecule has 122 valence electrons. The highest BCUT2D eigenvalue weighted by Gasteiger charge is 2.21. The first-order valence-electron chi connectivity index (χ1n) is 7.36. The summed E-state index contributed by atoms with van der Waals surface area (Å²) in [6.45, 7) is 0.490. The second-order valence-corrected chi connectivity index (χ2v) is 5.19. The van der Waals surface area contributed by atoms with Gasteiger partial charge >= 0.3 is 6.09 Å². The molecule has 0 fully saturated rings. The standard InChI is InChI=1S/C15H14N6O3/c16-20-19-13-8-14(18-9-17-13)24-11-4-5-12-10(7-11)3-1-2-6-21(12)15(22)23/h4-5,7-9H,1-3,6H2,(H,22,23). The van der Waals surface area contributed by atoms with Gasteiger partial charge in [-0.3, -0.25) is 4.90 Å². The van der Waals surface area contributed by atoms with Crippen molar-refractivity contribution >= 4 is 17.6 Å². The van der Waals surface area contributed by atoms with Gasteiger partial charge in [0, 0.05) is 17.5 Å². The van der Waals surface area contributed by atoms with Crippen LogP contribution in [0.1, 0.15) is 18.4 Å². The number of aromatic nitrogens is 2. The Morgan fingerprint density at radius 3 is 3.00 bits per heavy atom. The number of benzene rings is 1. The highest BCUT2D eigenvalue weighted by molar-refractivity contribution is 5.87. The highest BCUT2D eigenvalue weighted by atomic mass is 16.5. The number of carboxylic acid groups (broad SMARTS) is 1. The maximum absolute atomic E-state index is 11.4. The number of amides is 1. The Balaban J connectivity index is 1.88. The lowest BCUT2D eigenvalue weighted by molar-refractivity contribution is 0.202. The number of carbonyl (C=O) groups is 1. The molecule has 0 aliphatic carbocycles. The van der Waals surface area contributed by atoms with E-state index in [1.54, 1.807) is 12.1 Å². The van der Waals surface area contributed by atoms with E-state index >= 15 is 0 Å². The number of hydrogen-bond donors (Lipinski definition) is 1. The van der Waals surface area contributed by atoms with Crippen molar-refractivity contribution in [3.8, 4) is 11.6 Å². The fourth-order valence-electron chi connectivity index (χ4n) is 2.60. The predicted molar refractivity (Wildman–Crippen MR) is 85.7 cm³/mol. The Hall–Kier alpha value is -3.32. The first kappa shape index (κ1) is 15.6. The zero-order valence-electron chi connectivity index (χ0n) is 12.7. The zero-order chi connectivity index (χ0) is 16.9. The summed E-state index contributed by atoms with van der Waals surface area (Å²) in [5.41, 5.74) is 10.0. The highest BCUT2D eigenvalue weighted by Crippen LogP contribution is 2.32. The number of nitrogens with zero attached hydrogens (tertiary/aromatic N) is 6. The molecule has 1 aliphatic rings. The van der Waals surface area contributed by atoms with Crippen LogP contribution in [0.3, 0.4) is 0 Å². The maximum Gasteiger partial charge on any atom is 0.411 e. The Morgan fingerprint density at radius 2 is 2.21 bits per heavy atom. The van der Waals surface area contributed by atoms with Crippen molar-refractivity contribution < 1.29 is 14.6 Å². The Kier molecular flexibility index (Phi) is 4.44. The van der Waals surface area contributed by atoms with Crippen LogP contribution in [-0.4, -0.2) is 27.7 Å². The molecule has 3 rings (SSSR count). The van der Waals surface area contributed by atoms with Crippen molar-refractivity contribution in [3.05, 3.63) is 46.6 Å². The van der Waals surface area contributed by atoms with E-state index in [0.717, 1.165) is 24.8 Å². The number of fused-ring (bicyclic) bond motifs is 1. The van der Waals surface area contributed by atoms with Crippen LogP contribution < -0.4 is 9.64 Å². The van der Waals surface area contributed by atoms with E-state index in [1.807, 2.05) is 6.07 Å². The Labute approximate surface area is 137 Å². The third-order valence-corrected chi connectivity index (χ3v) is 3.65. The SMILES string of the molecule is [N-]=[N+]=Nc1cc(Oc2ccc3c(c2)CCCCN3C(=O)O)ncn1. The van der Waals surface area contributed by atoms with E-state index in [0.29, 0.717) is 18.0 Å². The van der Waals surface area contributed by atoms with Gasteiger partial charge in [-0.05, 0) is 53.7 Å². The van der Waals surface area contributed by atoms with Gasteiger partial charge in [-0.2, -0.15) is 0 Å². The van der Waals surface area contributed by atoms with Crippen molar-refractivity contribution in [3.63, 3.8) is 0 Å². The molecule has 2 heterocycles. The summed E-state index contributed by atoms with van der Waals surface area (Å²) < 4.78 is 5.67. The lowest BCUT2D eigenvalue weighted by Crippen LogP contribution is -2.29. The van der Waals surface area contributed by atoms with Crippen molar-refractivity contribution in [2.24, 2.45) is 5.11 Å². The summed E-state index contributed by atoms with van der Waals surface area (Å²) in [5, 5.41) is 12.7. The lowest BCUT2D eigenvalue weighted by Gasteiger charge is -2.19. The molecule has 1 aromatic carbocycles. The smallest absolute Gasteiger partial charge is 0.411 e. The Morgan fingerprint density at radius 1 is 1.33 bits per heavy atom. The summed E-state index contributed by atoms with van der Waals surface area (Å²) in [6, 6.07) is 6.66. The van der Waals surface area contributed by atoms with Gasteiger partial charge in [-0.1, -0.05) is 0 Å². The van der Waals surface area contributed by atoms with Gasteiger partial charge in [-0.15, -0.1) is 0 Å². The van der Waals surface area contributed by atoms with Crippen LogP contribution in [0.15, 0.2) is 35.7 Å². The quantitative estimate of drug-likeness (QED) is 0.518. The van der Waals surface area contributed by atoms with E-state index < -0.39 is 6.09 Å². The van der Waals surface area contributed by atoms with E-state index in [1.165, 1.54) is 17.3 Å². The van der Waals surface area contributed by atoms with Crippen LogP contribution in [0.25, 0.3) is 10.4 Å². The first-order valence-corrected chi connectivity index (χ1v) is 7.36. The molecule has 1 amide bonds. The number of anilines is 1. The fraction of sp³-hybridized carbons (Fsp3) is 0.267. The van der Waals surface area contributed by atoms with Gasteiger partial charge in [0.1, 0.15) is 17.9 Å². The maximum atomic E-state index is 11.4. The molecular formula is C15H14N6O3. The van der Waals surface area contributed by atoms with Gasteiger partial charge in [-0.25, -0.2) is 14.8 Å². The van der Waals surface area contributed by atoms with Gasteiger partial charge in [0.05, 0.1) is 5.69 Å². The molecule has 1 aromatic heterocycles. The first-order chi connectivity index (χ1) is 11.7. The molecule has 0 radical (unpaired) electrons. The second-order valence-electron chi connectivity index (χ2n) is 5.19. The van der Waals surface area contributed by atoms with Crippen molar-refractivity contribution in [2.75, 3.05) is 11.4 Å². The van der Waals surface area contributed by atoms with E-state index in [9.17, 15) is 9.90 Å². The molecule has 1 N–H and O–H groups in total. The molecular weight excluding hydrogens is 312 g/mol. The minimum atomic E-state index is -0.957. The molecule has 0 spiro atoms. The molecule has 1 aliphatic heterocycles. The largest absolute Gasteiger partial charge is 0.465 e. The summed E-state index contributed by atoms with van der Waals surface area (Å²) >= 11 is 0. The minimum absolute atomic E-state index is 0.161. The molecule has 0 bridgehead atoms. The summed E-state index contributed by atoms with van der Waals surface area (Å²) in [4.78, 5) is 23.2. The average molecular weight is 326 g/mol. The topological polar surface area (TPSA) is 124 Å². The number of aryl methyl sites for hydroxylation is 1. The van der Waals surface area contributed by atoms with Crippen LogP contribution in [0.4, 0.5) is 16.3 Å². The summed E-state index contributed by atoms with van der Waals surface area (Å²) in [6.07, 6.45) is 2.80. The molecule has 0 unspecified atom stereocenters. The van der Waals surface area contributed by atoms with Crippen LogP contribution in [0.2, 0.25) is 0 Å². The molecule has 9 heteroatoms. The molecule has 2 aromatic rings. The van der Waals surface area contributed by atoms with Gasteiger partial charge in [0.25, 0.3) is 0 Å². The number of ether oxygens (including phenoxy) is 1. The minimum Gasteiger partial charge on any atom is -0.465 e. The number of hydrogen-bond acceptors (Lipinski definition) is 5. The molecule has 24 heavy (non-hydrogen) atoms. The molecule has 0 saturated carbocycles. The van der Waals surface area contributed by atoms with Crippen LogP contribution >= 0.6 is 0 Å². The van der Waals surface area contributed by atoms with Crippen molar-refractivity contribution in [2.45, 2.75) is 19.3 Å². The third-order valence-electron chi connectivity index (χ3n) is 3.65. The number of rotatable bonds is 3. The van der Waals surface area contributed by atoms with Gasteiger partial charge < -0.3 is 9.84 Å². The van der Waals surface area contributed by atoms with E-state index in [-0.39, 0.29) is 11.7 Å². The lowest BCUT2D eigenvalue weighted by atomic mass is 10.1. The monoisotopic (exact) mass is 326 g/mol. The third kappa shape index (κ3) is 3.36. The molecule has 9 nitrogen and oxygen atoms in total. The average Bonchev–Trinajstić information content (AvgIpc) is 2.77. The van der Waals surface area contributed by atoms with Crippen LogP contribution in [0, 0.1) is 0 Å². The van der Waals surface area contributed by atoms with Gasteiger partial charge in [0.2, 0.25) is 5.88 Å². The molecule has 0 atom stereocenters. The Bertz CT molecular complexity index is 819.